The van der Waals surface area contributed by atoms with Crippen molar-refractivity contribution in [2.75, 3.05) is 7.11 Å². The number of hydrogen-bond acceptors (Lipinski definition) is 3. The van der Waals surface area contributed by atoms with Gasteiger partial charge in [-0.05, 0) is 23.8 Å². The maximum Gasteiger partial charge on any atom is 0.119 e. The van der Waals surface area contributed by atoms with E-state index in [0.29, 0.717) is 22.2 Å². The van der Waals surface area contributed by atoms with E-state index in [0.717, 1.165) is 11.3 Å². The van der Waals surface area contributed by atoms with E-state index in [1.807, 2.05) is 24.3 Å². The first kappa shape index (κ1) is 14.1. The van der Waals surface area contributed by atoms with Crippen LogP contribution in [0, 0.1) is 0 Å². The fraction of sp³-hybridized carbons (Fsp3) is 0.214. The lowest BCUT2D eigenvalue weighted by molar-refractivity contribution is 0.173. The van der Waals surface area contributed by atoms with Crippen LogP contribution in [-0.4, -0.2) is 17.2 Å². The molecule has 0 fully saturated rings. The summed E-state index contributed by atoms with van der Waals surface area (Å²) >= 11 is 11.8. The Morgan fingerprint density at radius 1 is 1.32 bits per heavy atom. The van der Waals surface area contributed by atoms with Gasteiger partial charge >= 0.3 is 0 Å². The van der Waals surface area contributed by atoms with Crippen molar-refractivity contribution in [1.29, 1.82) is 0 Å². The summed E-state index contributed by atoms with van der Waals surface area (Å²) in [5.74, 6) is 0.750. The van der Waals surface area contributed by atoms with Crippen molar-refractivity contribution in [3.05, 3.63) is 57.8 Å². The summed E-state index contributed by atoms with van der Waals surface area (Å²) in [6.45, 7) is 0. The first-order valence-electron chi connectivity index (χ1n) is 5.72. The van der Waals surface area contributed by atoms with Crippen LogP contribution in [0.3, 0.4) is 0 Å². The zero-order chi connectivity index (χ0) is 13.8. The van der Waals surface area contributed by atoms with E-state index in [2.05, 4.69) is 4.98 Å². The Hall–Kier alpha value is -1.29. The van der Waals surface area contributed by atoms with Gasteiger partial charge in [-0.2, -0.15) is 0 Å². The molecule has 0 radical (unpaired) electrons. The van der Waals surface area contributed by atoms with E-state index in [4.69, 9.17) is 27.9 Å². The lowest BCUT2D eigenvalue weighted by Crippen LogP contribution is -2.05. The smallest absolute Gasteiger partial charge is 0.119 e. The minimum Gasteiger partial charge on any atom is -0.497 e. The fourth-order valence-electron chi connectivity index (χ4n) is 1.79. The van der Waals surface area contributed by atoms with Crippen LogP contribution >= 0.6 is 23.2 Å². The molecule has 1 aromatic heterocycles. The highest BCUT2D eigenvalue weighted by molar-refractivity contribution is 6.34. The average Bonchev–Trinajstić information content (AvgIpc) is 2.38. The predicted molar refractivity (Wildman–Crippen MR) is 75.9 cm³/mol. The van der Waals surface area contributed by atoms with Crippen molar-refractivity contribution in [2.24, 2.45) is 0 Å². The third kappa shape index (κ3) is 3.60. The number of methoxy groups -OCH3 is 1. The molecule has 1 N–H and O–H groups in total. The van der Waals surface area contributed by atoms with Crippen LogP contribution in [0.25, 0.3) is 0 Å². The quantitative estimate of drug-likeness (QED) is 0.936. The molecule has 1 aromatic carbocycles. The van der Waals surface area contributed by atoms with Crippen LogP contribution in [0.5, 0.6) is 5.75 Å². The van der Waals surface area contributed by atoms with E-state index in [1.54, 1.807) is 13.2 Å². The second-order valence-electron chi connectivity index (χ2n) is 4.09. The van der Waals surface area contributed by atoms with Gasteiger partial charge in [0.25, 0.3) is 0 Å². The highest BCUT2D eigenvalue weighted by atomic mass is 35.5. The maximum atomic E-state index is 10.2. The number of hydrogen-bond donors (Lipinski definition) is 1. The molecule has 0 saturated heterocycles. The zero-order valence-electron chi connectivity index (χ0n) is 10.3. The Morgan fingerprint density at radius 3 is 2.79 bits per heavy atom. The van der Waals surface area contributed by atoms with Gasteiger partial charge in [-0.25, -0.2) is 0 Å². The number of benzene rings is 1. The molecule has 1 heterocycles. The molecular formula is C14H13Cl2NO2. The molecule has 0 amide bonds. The number of aliphatic hydroxyl groups is 1. The molecule has 19 heavy (non-hydrogen) atoms. The molecule has 100 valence electrons. The molecule has 3 nitrogen and oxygen atoms in total. The summed E-state index contributed by atoms with van der Waals surface area (Å²) in [5.41, 5.74) is 1.37. The molecular weight excluding hydrogens is 285 g/mol. The lowest BCUT2D eigenvalue weighted by atomic mass is 10.0. The van der Waals surface area contributed by atoms with E-state index in [-0.39, 0.29) is 0 Å². The van der Waals surface area contributed by atoms with Crippen LogP contribution in [0.1, 0.15) is 17.4 Å². The van der Waals surface area contributed by atoms with Crippen LogP contribution in [-0.2, 0) is 6.42 Å². The molecule has 0 spiro atoms. The van der Waals surface area contributed by atoms with Gasteiger partial charge in [0.15, 0.2) is 0 Å². The summed E-state index contributed by atoms with van der Waals surface area (Å²) in [7, 11) is 1.60. The zero-order valence-corrected chi connectivity index (χ0v) is 11.8. The summed E-state index contributed by atoms with van der Waals surface area (Å²) in [4.78, 5) is 4.07. The monoisotopic (exact) mass is 297 g/mol. The minimum atomic E-state index is -0.781. The molecule has 0 aliphatic carbocycles. The highest BCUT2D eigenvalue weighted by Gasteiger charge is 2.14. The third-order valence-corrected chi connectivity index (χ3v) is 3.22. The fourth-order valence-corrected chi connectivity index (χ4v) is 2.30. The Labute approximate surface area is 121 Å². The van der Waals surface area contributed by atoms with Crippen LogP contribution < -0.4 is 4.74 Å². The Bertz CT molecular complexity index is 575. The van der Waals surface area contributed by atoms with E-state index in [9.17, 15) is 5.11 Å². The molecule has 2 rings (SSSR count). The predicted octanol–water partition coefficient (Wildman–Crippen LogP) is 3.67. The first-order chi connectivity index (χ1) is 9.10. The third-order valence-electron chi connectivity index (χ3n) is 2.72. The van der Waals surface area contributed by atoms with Gasteiger partial charge in [-0.1, -0.05) is 35.3 Å². The first-order valence-corrected chi connectivity index (χ1v) is 6.47. The second-order valence-corrected chi connectivity index (χ2v) is 4.94. The topological polar surface area (TPSA) is 42.4 Å². The molecule has 2 aromatic rings. The summed E-state index contributed by atoms with van der Waals surface area (Å²) in [5, 5.41) is 11.0. The number of nitrogens with zero attached hydrogens (tertiary/aromatic N) is 1. The van der Waals surface area contributed by atoms with Gasteiger partial charge in [0.05, 0.1) is 22.8 Å². The van der Waals surface area contributed by atoms with Gasteiger partial charge in [0, 0.05) is 12.6 Å². The van der Waals surface area contributed by atoms with E-state index < -0.39 is 6.10 Å². The summed E-state index contributed by atoms with van der Waals surface area (Å²) in [6.07, 6.45) is 1.10. The normalized spacial score (nSPS) is 12.2. The van der Waals surface area contributed by atoms with Crippen molar-refractivity contribution >= 4 is 23.2 Å². The molecule has 1 unspecified atom stereocenters. The number of halogens is 2. The number of rotatable bonds is 4. The summed E-state index contributed by atoms with van der Waals surface area (Å²) in [6, 6.07) is 9.07. The van der Waals surface area contributed by atoms with Gasteiger partial charge in [0.2, 0.25) is 0 Å². The Morgan fingerprint density at radius 2 is 2.11 bits per heavy atom. The van der Waals surface area contributed by atoms with E-state index in [1.165, 1.54) is 6.20 Å². The average molecular weight is 298 g/mol. The summed E-state index contributed by atoms with van der Waals surface area (Å²) < 4.78 is 5.14. The SMILES string of the molecule is COc1cccc(CC(O)c2ncc(Cl)cc2Cl)c1. The van der Waals surface area contributed by atoms with Gasteiger partial charge in [-0.15, -0.1) is 0 Å². The molecule has 0 bridgehead atoms. The van der Waals surface area contributed by atoms with Crippen LogP contribution in [0.4, 0.5) is 0 Å². The largest absolute Gasteiger partial charge is 0.497 e. The molecule has 1 atom stereocenters. The van der Waals surface area contributed by atoms with Crippen molar-refractivity contribution < 1.29 is 9.84 Å². The molecule has 5 heteroatoms. The van der Waals surface area contributed by atoms with Crippen molar-refractivity contribution in [1.82, 2.24) is 4.98 Å². The molecule has 0 saturated carbocycles. The number of ether oxygens (including phenoxy) is 1. The van der Waals surface area contributed by atoms with Crippen molar-refractivity contribution in [3.63, 3.8) is 0 Å². The van der Waals surface area contributed by atoms with Gasteiger partial charge in [-0.3, -0.25) is 4.98 Å². The number of pyridine rings is 1. The maximum absolute atomic E-state index is 10.2. The van der Waals surface area contributed by atoms with Gasteiger partial charge < -0.3 is 9.84 Å². The van der Waals surface area contributed by atoms with Gasteiger partial charge in [0.1, 0.15) is 11.9 Å². The number of aromatic nitrogens is 1. The van der Waals surface area contributed by atoms with E-state index >= 15 is 0 Å². The van der Waals surface area contributed by atoms with Crippen LogP contribution in [0.2, 0.25) is 10.0 Å². The Kier molecular flexibility index (Phi) is 4.64. The second kappa shape index (κ2) is 6.24. The number of aliphatic hydroxyl groups excluding tert-OH is 1. The van der Waals surface area contributed by atoms with Crippen molar-refractivity contribution in [3.8, 4) is 5.75 Å². The molecule has 0 aliphatic heterocycles. The van der Waals surface area contributed by atoms with Crippen LogP contribution in [0.15, 0.2) is 36.5 Å². The van der Waals surface area contributed by atoms with Crippen molar-refractivity contribution in [2.45, 2.75) is 12.5 Å². The minimum absolute atomic E-state index is 0.364. The Balaban J connectivity index is 2.17. The highest BCUT2D eigenvalue weighted by Crippen LogP contribution is 2.26. The standard InChI is InChI=1S/C14H13Cl2NO2/c1-19-11-4-2-3-9(5-11)6-13(18)14-12(16)7-10(15)8-17-14/h2-5,7-8,13,18H,6H2,1H3. The lowest BCUT2D eigenvalue weighted by Gasteiger charge is -2.12. The molecule has 0 aliphatic rings.